The predicted octanol–water partition coefficient (Wildman–Crippen LogP) is 5.15. The third-order valence-corrected chi connectivity index (χ3v) is 7.47. The molecule has 0 fully saturated rings. The fourth-order valence-electron chi connectivity index (χ4n) is 5.01. The zero-order valence-electron chi connectivity index (χ0n) is 23.9. The van der Waals surface area contributed by atoms with Gasteiger partial charge < -0.3 is 42.1 Å². The summed E-state index contributed by atoms with van der Waals surface area (Å²) in [4.78, 5) is 23.8. The lowest BCUT2D eigenvalue weighted by Gasteiger charge is -2.41. The molecular weight excluding hydrogens is 560 g/mol. The van der Waals surface area contributed by atoms with Gasteiger partial charge in [-0.25, -0.2) is 9.59 Å². The van der Waals surface area contributed by atoms with Gasteiger partial charge in [-0.05, 0) is 64.1 Å². The Balaban J connectivity index is 1.17. The molecule has 6 aromatic rings. The summed E-state index contributed by atoms with van der Waals surface area (Å²) in [5.41, 5.74) is -2.41. The maximum atomic E-state index is 11.9. The van der Waals surface area contributed by atoms with E-state index in [4.69, 9.17) is 31.9 Å². The number of hydrogen-bond acceptors (Lipinski definition) is 11. The normalized spacial score (nSPS) is 14.1. The number of fused-ring (bicyclic) bond motifs is 4. The van der Waals surface area contributed by atoms with Crippen LogP contribution in [-0.4, -0.2) is 46.8 Å². The maximum absolute atomic E-state index is 11.9. The zero-order valence-corrected chi connectivity index (χ0v) is 23.9. The van der Waals surface area contributed by atoms with Crippen LogP contribution in [0.2, 0.25) is 0 Å². The van der Waals surface area contributed by atoms with Crippen LogP contribution in [0.1, 0.15) is 27.7 Å². The molecule has 4 aromatic heterocycles. The topological polar surface area (TPSA) is 155 Å². The second kappa shape index (κ2) is 10.6. The summed E-state index contributed by atoms with van der Waals surface area (Å²) >= 11 is 0. The average Bonchev–Trinajstić information content (AvgIpc) is 3.62. The molecule has 0 saturated carbocycles. The molecule has 6 rings (SSSR count). The van der Waals surface area contributed by atoms with Crippen molar-refractivity contribution in [3.05, 3.63) is 81.9 Å². The van der Waals surface area contributed by atoms with Gasteiger partial charge >= 0.3 is 11.3 Å². The highest BCUT2D eigenvalue weighted by Crippen LogP contribution is 2.37. The van der Waals surface area contributed by atoms with Crippen LogP contribution in [0.4, 0.5) is 0 Å². The largest absolute Gasteiger partial charge is 0.483 e. The van der Waals surface area contributed by atoms with Crippen molar-refractivity contribution in [3.8, 4) is 11.5 Å². The molecular formula is C32H30O11. The first-order chi connectivity index (χ1) is 20.4. The van der Waals surface area contributed by atoms with Crippen molar-refractivity contribution in [2.24, 2.45) is 0 Å². The minimum absolute atomic E-state index is 0.184. The van der Waals surface area contributed by atoms with E-state index in [1.807, 2.05) is 12.1 Å². The molecule has 11 heteroatoms. The monoisotopic (exact) mass is 590 g/mol. The summed E-state index contributed by atoms with van der Waals surface area (Å²) in [5.74, 6) is 0.368. The number of benzene rings is 2. The number of hydrogen-bond donors (Lipinski definition) is 2. The Bertz CT molecular complexity index is 1910. The van der Waals surface area contributed by atoms with Gasteiger partial charge in [-0.15, -0.1) is 0 Å². The summed E-state index contributed by atoms with van der Waals surface area (Å²) in [6, 6.07) is 13.0. The van der Waals surface area contributed by atoms with Gasteiger partial charge in [0.2, 0.25) is 11.5 Å². The second-order valence-electron chi connectivity index (χ2n) is 11.4. The Morgan fingerprint density at radius 2 is 1.02 bits per heavy atom. The number of furan rings is 2. The van der Waals surface area contributed by atoms with E-state index >= 15 is 0 Å². The maximum Gasteiger partial charge on any atom is 0.336 e. The van der Waals surface area contributed by atoms with E-state index in [-0.39, 0.29) is 35.9 Å². The third-order valence-electron chi connectivity index (χ3n) is 7.47. The van der Waals surface area contributed by atoms with Crippen molar-refractivity contribution in [2.45, 2.75) is 51.1 Å². The van der Waals surface area contributed by atoms with Crippen molar-refractivity contribution < 1.29 is 42.1 Å². The van der Waals surface area contributed by atoms with Crippen molar-refractivity contribution in [1.82, 2.24) is 0 Å². The first kappa shape index (κ1) is 28.5. The van der Waals surface area contributed by atoms with Gasteiger partial charge in [-0.2, -0.15) is 0 Å². The molecule has 2 aromatic carbocycles. The van der Waals surface area contributed by atoms with Crippen LogP contribution in [0.5, 0.6) is 11.5 Å². The van der Waals surface area contributed by atoms with Crippen LogP contribution in [0, 0.1) is 0 Å². The van der Waals surface area contributed by atoms with E-state index in [0.717, 1.165) is 10.8 Å². The van der Waals surface area contributed by atoms with E-state index in [0.29, 0.717) is 21.9 Å². The molecule has 2 atom stereocenters. The van der Waals surface area contributed by atoms with Gasteiger partial charge in [0.1, 0.15) is 25.4 Å². The fourth-order valence-corrected chi connectivity index (χ4v) is 5.01. The lowest BCUT2D eigenvalue weighted by molar-refractivity contribution is -0.212. The summed E-state index contributed by atoms with van der Waals surface area (Å²) in [7, 11) is 0. The van der Waals surface area contributed by atoms with Crippen LogP contribution in [0.15, 0.2) is 88.3 Å². The van der Waals surface area contributed by atoms with Gasteiger partial charge in [0, 0.05) is 33.7 Å². The Hall–Kier alpha value is -4.58. The van der Waals surface area contributed by atoms with E-state index < -0.39 is 34.7 Å². The van der Waals surface area contributed by atoms with E-state index in [2.05, 4.69) is 0 Å². The number of aliphatic hydroxyl groups is 2. The molecule has 2 N–H and O–H groups in total. The predicted molar refractivity (Wildman–Crippen MR) is 157 cm³/mol. The lowest BCUT2D eigenvalue weighted by Crippen LogP contribution is -2.53. The van der Waals surface area contributed by atoms with Crippen molar-refractivity contribution >= 4 is 43.9 Å². The van der Waals surface area contributed by atoms with E-state index in [1.54, 1.807) is 52.0 Å². The molecule has 0 aliphatic rings. The highest BCUT2D eigenvalue weighted by molar-refractivity contribution is 6.00. The van der Waals surface area contributed by atoms with E-state index in [1.165, 1.54) is 24.7 Å². The molecule has 0 aliphatic carbocycles. The molecule has 0 radical (unpaired) electrons. The highest BCUT2D eigenvalue weighted by Gasteiger charge is 2.40. The fraction of sp³-hybridized carbons (Fsp3) is 0.312. The number of aliphatic hydroxyl groups excluding tert-OH is 2. The van der Waals surface area contributed by atoms with Crippen molar-refractivity contribution in [2.75, 3.05) is 13.2 Å². The van der Waals surface area contributed by atoms with Crippen molar-refractivity contribution in [1.29, 1.82) is 0 Å². The quantitative estimate of drug-likeness (QED) is 0.204. The van der Waals surface area contributed by atoms with Crippen LogP contribution >= 0.6 is 0 Å². The van der Waals surface area contributed by atoms with Crippen LogP contribution in [0.3, 0.4) is 0 Å². The summed E-state index contributed by atoms with van der Waals surface area (Å²) in [6.07, 6.45) is 0.607. The van der Waals surface area contributed by atoms with Crippen molar-refractivity contribution in [3.63, 3.8) is 0 Å². The molecule has 224 valence electrons. The highest BCUT2D eigenvalue weighted by atomic mass is 16.6. The number of rotatable bonds is 10. The Morgan fingerprint density at radius 1 is 0.628 bits per heavy atom. The summed E-state index contributed by atoms with van der Waals surface area (Å²) in [6.45, 7) is 6.16. The van der Waals surface area contributed by atoms with Gasteiger partial charge in [-0.3, -0.25) is 0 Å². The van der Waals surface area contributed by atoms with Crippen LogP contribution in [0.25, 0.3) is 43.9 Å². The molecule has 0 amide bonds. The smallest absolute Gasteiger partial charge is 0.336 e. The minimum atomic E-state index is -1.22. The van der Waals surface area contributed by atoms with Crippen LogP contribution < -0.4 is 20.7 Å². The number of ether oxygens (including phenoxy) is 3. The Morgan fingerprint density at radius 3 is 1.44 bits per heavy atom. The molecule has 0 saturated heterocycles. The molecule has 43 heavy (non-hydrogen) atoms. The van der Waals surface area contributed by atoms with Gasteiger partial charge in [0.05, 0.1) is 23.7 Å². The first-order valence-electron chi connectivity index (χ1n) is 13.6. The molecule has 11 nitrogen and oxygen atoms in total. The summed E-state index contributed by atoms with van der Waals surface area (Å²) < 4.78 is 40.1. The van der Waals surface area contributed by atoms with Gasteiger partial charge in [0.15, 0.2) is 22.3 Å². The second-order valence-corrected chi connectivity index (χ2v) is 11.4. The van der Waals surface area contributed by atoms with Gasteiger partial charge in [-0.1, -0.05) is 0 Å². The SMILES string of the molecule is CC(C)(OC(C)(C)C(O)COc1c2occc2cc2ccc(=O)oc12)C(O)COc1c2occc2cc2ccc(=O)oc12. The lowest BCUT2D eigenvalue weighted by atomic mass is 9.96. The van der Waals surface area contributed by atoms with Gasteiger partial charge in [0.25, 0.3) is 0 Å². The third kappa shape index (κ3) is 5.38. The molecule has 0 bridgehead atoms. The molecule has 4 heterocycles. The van der Waals surface area contributed by atoms with E-state index in [9.17, 15) is 19.8 Å². The standard InChI is InChI=1S/C32H30O11/c1-31(2,21(33)15-39-29-25-19(9-11-37-25)13-17-5-7-23(35)41-27(17)29)43-32(3,4)22(34)16-40-30-26-20(10-12-38-26)14-18-6-8-24(36)42-28(18)30/h5-14,21-22,33-34H,15-16H2,1-4H3. The molecule has 2 unspecified atom stereocenters. The zero-order chi connectivity index (χ0) is 30.5. The molecule has 0 spiro atoms. The average molecular weight is 591 g/mol. The first-order valence-corrected chi connectivity index (χ1v) is 13.6. The van der Waals surface area contributed by atoms with Crippen LogP contribution in [-0.2, 0) is 4.74 Å². The molecule has 0 aliphatic heterocycles. The Labute approximate surface area is 243 Å². The minimum Gasteiger partial charge on any atom is -0.483 e. The Kier molecular flexibility index (Phi) is 7.04. The summed E-state index contributed by atoms with van der Waals surface area (Å²) in [5, 5.41) is 25.0.